The van der Waals surface area contributed by atoms with Crippen molar-refractivity contribution in [2.24, 2.45) is 0 Å². The highest BCUT2D eigenvalue weighted by atomic mass is 16.5. The largest absolute Gasteiger partial charge is 0.484 e. The van der Waals surface area contributed by atoms with Gasteiger partial charge in [-0.25, -0.2) is 0 Å². The lowest BCUT2D eigenvalue weighted by Crippen LogP contribution is -2.21. The maximum atomic E-state index is 12.9. The van der Waals surface area contributed by atoms with Crippen molar-refractivity contribution in [2.75, 3.05) is 11.9 Å². The Hall–Kier alpha value is -3.86. The maximum absolute atomic E-state index is 12.9. The monoisotopic (exact) mass is 412 g/mol. The van der Waals surface area contributed by atoms with E-state index in [-0.39, 0.29) is 18.1 Å². The number of rotatable bonds is 7. The third-order valence-electron chi connectivity index (χ3n) is 5.04. The molecule has 0 aliphatic carbocycles. The molecule has 1 aromatic heterocycles. The smallest absolute Gasteiger partial charge is 0.262 e. The van der Waals surface area contributed by atoms with E-state index in [1.165, 1.54) is 0 Å². The number of benzene rings is 3. The van der Waals surface area contributed by atoms with Crippen LogP contribution in [0.15, 0.2) is 89.7 Å². The second-order valence-electron chi connectivity index (χ2n) is 7.30. The first-order valence-electron chi connectivity index (χ1n) is 10.4. The molecule has 1 N–H and O–H groups in total. The fraction of sp³-hybridized carbons (Fsp3) is 0.154. The normalized spacial score (nSPS) is 10.7. The molecule has 0 radical (unpaired) electrons. The molecule has 0 aliphatic rings. The summed E-state index contributed by atoms with van der Waals surface area (Å²) >= 11 is 0. The fourth-order valence-corrected chi connectivity index (χ4v) is 3.63. The lowest BCUT2D eigenvalue weighted by Gasteiger charge is -2.15. The van der Waals surface area contributed by atoms with Gasteiger partial charge in [0.1, 0.15) is 5.75 Å². The second kappa shape index (κ2) is 9.30. The number of amides is 1. The van der Waals surface area contributed by atoms with Gasteiger partial charge in [0.25, 0.3) is 11.5 Å². The van der Waals surface area contributed by atoms with E-state index in [1.807, 2.05) is 85.8 Å². The van der Waals surface area contributed by atoms with Crippen LogP contribution < -0.4 is 15.6 Å². The van der Waals surface area contributed by atoms with E-state index < -0.39 is 0 Å². The molecule has 3 aromatic carbocycles. The first kappa shape index (κ1) is 20.4. The summed E-state index contributed by atoms with van der Waals surface area (Å²) in [6, 6.07) is 26.4. The van der Waals surface area contributed by atoms with Crippen molar-refractivity contribution >= 4 is 22.5 Å². The van der Waals surface area contributed by atoms with Gasteiger partial charge < -0.3 is 14.6 Å². The predicted molar refractivity (Wildman–Crippen MR) is 125 cm³/mol. The second-order valence-corrected chi connectivity index (χ2v) is 7.30. The number of aryl methyl sites for hydroxylation is 1. The van der Waals surface area contributed by atoms with Crippen LogP contribution in [0.2, 0.25) is 0 Å². The fourth-order valence-electron chi connectivity index (χ4n) is 3.63. The number of hydrogen-bond acceptors (Lipinski definition) is 3. The van der Waals surface area contributed by atoms with Gasteiger partial charge in [0.15, 0.2) is 6.61 Å². The average Bonchev–Trinajstić information content (AvgIpc) is 2.80. The topological polar surface area (TPSA) is 60.3 Å². The Morgan fingerprint density at radius 2 is 1.65 bits per heavy atom. The van der Waals surface area contributed by atoms with Crippen molar-refractivity contribution in [3.8, 4) is 16.9 Å². The van der Waals surface area contributed by atoms with Crippen molar-refractivity contribution in [1.29, 1.82) is 0 Å². The van der Waals surface area contributed by atoms with Crippen LogP contribution in [0.3, 0.4) is 0 Å². The third-order valence-corrected chi connectivity index (χ3v) is 5.04. The van der Waals surface area contributed by atoms with Gasteiger partial charge in [0, 0.05) is 29.8 Å². The van der Waals surface area contributed by atoms with Gasteiger partial charge in [-0.2, -0.15) is 0 Å². The summed E-state index contributed by atoms with van der Waals surface area (Å²) in [5.41, 5.74) is 3.35. The molecule has 1 heterocycles. The van der Waals surface area contributed by atoms with Gasteiger partial charge in [0.2, 0.25) is 0 Å². The summed E-state index contributed by atoms with van der Waals surface area (Å²) in [4.78, 5) is 25.1. The Morgan fingerprint density at radius 1 is 0.935 bits per heavy atom. The molecule has 0 saturated heterocycles. The lowest BCUT2D eigenvalue weighted by atomic mass is 10.0. The zero-order valence-corrected chi connectivity index (χ0v) is 17.4. The number of carbonyl (C=O) groups is 1. The Labute approximate surface area is 180 Å². The minimum atomic E-state index is -0.240. The Morgan fingerprint density at radius 3 is 2.35 bits per heavy atom. The van der Waals surface area contributed by atoms with Gasteiger partial charge in [0.05, 0.1) is 5.52 Å². The highest BCUT2D eigenvalue weighted by molar-refractivity contribution is 5.95. The number of fused-ring (bicyclic) bond motifs is 1. The van der Waals surface area contributed by atoms with Gasteiger partial charge >= 0.3 is 0 Å². The van der Waals surface area contributed by atoms with Crippen LogP contribution in [0.25, 0.3) is 22.0 Å². The molecule has 5 nitrogen and oxygen atoms in total. The van der Waals surface area contributed by atoms with Crippen molar-refractivity contribution in [1.82, 2.24) is 4.57 Å². The van der Waals surface area contributed by atoms with Crippen LogP contribution in [0.4, 0.5) is 5.69 Å². The van der Waals surface area contributed by atoms with E-state index in [0.29, 0.717) is 12.3 Å². The van der Waals surface area contributed by atoms with Crippen molar-refractivity contribution in [3.05, 3.63) is 95.3 Å². The number of para-hydroxylation sites is 1. The van der Waals surface area contributed by atoms with Crippen molar-refractivity contribution in [3.63, 3.8) is 0 Å². The lowest BCUT2D eigenvalue weighted by molar-refractivity contribution is -0.118. The molecule has 4 rings (SSSR count). The summed E-state index contributed by atoms with van der Waals surface area (Å²) in [6.45, 7) is 2.54. The Balaban J connectivity index is 1.65. The van der Waals surface area contributed by atoms with Crippen LogP contribution in [0, 0.1) is 0 Å². The van der Waals surface area contributed by atoms with E-state index in [4.69, 9.17) is 4.74 Å². The maximum Gasteiger partial charge on any atom is 0.262 e. The molecule has 0 saturated carbocycles. The van der Waals surface area contributed by atoms with Crippen LogP contribution in [-0.2, 0) is 11.3 Å². The first-order valence-corrected chi connectivity index (χ1v) is 10.4. The Kier molecular flexibility index (Phi) is 6.13. The van der Waals surface area contributed by atoms with Crippen LogP contribution in [-0.4, -0.2) is 17.1 Å². The zero-order chi connectivity index (χ0) is 21.6. The number of carbonyl (C=O) groups excluding carboxylic acids is 1. The first-order chi connectivity index (χ1) is 15.2. The van der Waals surface area contributed by atoms with Gasteiger partial charge in [-0.1, -0.05) is 55.5 Å². The van der Waals surface area contributed by atoms with Crippen LogP contribution >= 0.6 is 0 Å². The molecule has 0 atom stereocenters. The van der Waals surface area contributed by atoms with E-state index >= 15 is 0 Å². The van der Waals surface area contributed by atoms with E-state index in [9.17, 15) is 9.59 Å². The number of aromatic nitrogens is 1. The van der Waals surface area contributed by atoms with Crippen LogP contribution in [0.5, 0.6) is 5.75 Å². The molecule has 5 heteroatoms. The third kappa shape index (κ3) is 4.67. The highest BCUT2D eigenvalue weighted by Gasteiger charge is 2.12. The minimum absolute atomic E-state index is 0.0489. The Bertz CT molecular complexity index is 1250. The number of nitrogens with zero attached hydrogens (tertiary/aromatic N) is 1. The molecule has 0 fully saturated rings. The van der Waals surface area contributed by atoms with E-state index in [1.54, 1.807) is 10.6 Å². The summed E-state index contributed by atoms with van der Waals surface area (Å²) in [7, 11) is 0. The van der Waals surface area contributed by atoms with Gasteiger partial charge in [-0.05, 0) is 41.8 Å². The van der Waals surface area contributed by atoms with E-state index in [0.717, 1.165) is 34.1 Å². The minimum Gasteiger partial charge on any atom is -0.484 e. The highest BCUT2D eigenvalue weighted by Crippen LogP contribution is 2.29. The number of anilines is 1. The molecule has 0 unspecified atom stereocenters. The summed E-state index contributed by atoms with van der Waals surface area (Å²) < 4.78 is 7.50. The number of pyridine rings is 1. The molecule has 31 heavy (non-hydrogen) atoms. The van der Waals surface area contributed by atoms with E-state index in [2.05, 4.69) is 5.32 Å². The van der Waals surface area contributed by atoms with Crippen LogP contribution in [0.1, 0.15) is 13.3 Å². The predicted octanol–water partition coefficient (Wildman–Crippen LogP) is 5.10. The molecule has 0 spiro atoms. The number of hydrogen-bond donors (Lipinski definition) is 1. The molecule has 0 bridgehead atoms. The van der Waals surface area contributed by atoms with Crippen molar-refractivity contribution in [2.45, 2.75) is 19.9 Å². The summed E-state index contributed by atoms with van der Waals surface area (Å²) in [6.07, 6.45) is 0.838. The summed E-state index contributed by atoms with van der Waals surface area (Å²) in [5.74, 6) is 0.306. The average molecular weight is 412 g/mol. The standard InChI is InChI=1S/C26H24N2O3/c1-2-15-28-24-16-21(31-18-25(29)27-20-11-7-4-8-12-20)13-14-22(24)23(17-26(28)30)19-9-5-3-6-10-19/h3-14,16-17H,2,15,18H2,1H3,(H,27,29). The van der Waals surface area contributed by atoms with Gasteiger partial charge in [-0.3, -0.25) is 9.59 Å². The molecule has 1 amide bonds. The molecule has 156 valence electrons. The summed E-state index contributed by atoms with van der Waals surface area (Å²) in [5, 5.41) is 3.77. The van der Waals surface area contributed by atoms with Gasteiger partial charge in [-0.15, -0.1) is 0 Å². The quantitative estimate of drug-likeness (QED) is 0.460. The van der Waals surface area contributed by atoms with Crippen molar-refractivity contribution < 1.29 is 9.53 Å². The molecular weight excluding hydrogens is 388 g/mol. The molecule has 4 aromatic rings. The zero-order valence-electron chi connectivity index (χ0n) is 17.4. The number of nitrogens with one attached hydrogen (secondary N) is 1. The molecule has 0 aliphatic heterocycles. The SMILES string of the molecule is CCCn1c(=O)cc(-c2ccccc2)c2ccc(OCC(=O)Nc3ccccc3)cc21. The molecular formula is C26H24N2O3. The number of ether oxygens (including phenoxy) is 1.